The van der Waals surface area contributed by atoms with Crippen LogP contribution in [0.25, 0.3) is 11.5 Å². The molecule has 1 aliphatic carbocycles. The average molecular weight is 341 g/mol. The molecular formula is C21H27NO3. The summed E-state index contributed by atoms with van der Waals surface area (Å²) in [6, 6.07) is 8.06. The Balaban J connectivity index is 1.74. The van der Waals surface area contributed by atoms with Gasteiger partial charge in [-0.15, -0.1) is 6.58 Å². The Morgan fingerprint density at radius 3 is 3.00 bits per heavy atom. The number of rotatable bonds is 6. The first kappa shape index (κ1) is 17.9. The van der Waals surface area contributed by atoms with Crippen molar-refractivity contribution in [1.82, 2.24) is 4.98 Å². The van der Waals surface area contributed by atoms with Crippen LogP contribution in [0.4, 0.5) is 0 Å². The van der Waals surface area contributed by atoms with E-state index >= 15 is 0 Å². The fourth-order valence-electron chi connectivity index (χ4n) is 3.55. The second-order valence-electron chi connectivity index (χ2n) is 6.99. The summed E-state index contributed by atoms with van der Waals surface area (Å²) in [7, 11) is 0. The molecule has 2 atom stereocenters. The number of hydrogen-bond donors (Lipinski definition) is 1. The molecule has 1 aromatic carbocycles. The molecule has 25 heavy (non-hydrogen) atoms. The monoisotopic (exact) mass is 341 g/mol. The molecule has 0 saturated heterocycles. The Labute approximate surface area is 149 Å². The first-order valence-electron chi connectivity index (χ1n) is 9.02. The van der Waals surface area contributed by atoms with Gasteiger partial charge in [-0.1, -0.05) is 30.2 Å². The second-order valence-corrected chi connectivity index (χ2v) is 6.99. The van der Waals surface area contributed by atoms with Crippen LogP contribution in [0, 0.1) is 19.8 Å². The molecule has 0 spiro atoms. The third kappa shape index (κ3) is 4.02. The minimum Gasteiger partial charge on any atom is -0.441 e. The van der Waals surface area contributed by atoms with Crippen LogP contribution in [0.5, 0.6) is 0 Å². The van der Waals surface area contributed by atoms with E-state index in [2.05, 4.69) is 11.6 Å². The Kier molecular flexibility index (Phi) is 5.40. The van der Waals surface area contributed by atoms with Crippen molar-refractivity contribution >= 4 is 0 Å². The molecule has 3 rings (SSSR count). The topological polar surface area (TPSA) is 55.5 Å². The van der Waals surface area contributed by atoms with Crippen molar-refractivity contribution in [2.75, 3.05) is 0 Å². The lowest BCUT2D eigenvalue weighted by Gasteiger charge is -2.39. The Morgan fingerprint density at radius 2 is 2.24 bits per heavy atom. The van der Waals surface area contributed by atoms with Crippen LogP contribution < -0.4 is 0 Å². The smallest absolute Gasteiger partial charge is 0.226 e. The highest BCUT2D eigenvalue weighted by atomic mass is 16.6. The van der Waals surface area contributed by atoms with Gasteiger partial charge in [0.2, 0.25) is 5.89 Å². The predicted octanol–water partition coefficient (Wildman–Crippen LogP) is 4.93. The van der Waals surface area contributed by atoms with Crippen LogP contribution in [0.2, 0.25) is 0 Å². The van der Waals surface area contributed by atoms with Gasteiger partial charge in [-0.3, -0.25) is 0 Å². The quantitative estimate of drug-likeness (QED) is 0.598. The van der Waals surface area contributed by atoms with E-state index in [1.165, 1.54) is 0 Å². The molecule has 0 aliphatic heterocycles. The average Bonchev–Trinajstić information content (AvgIpc) is 2.97. The van der Waals surface area contributed by atoms with Crippen molar-refractivity contribution in [3.05, 3.63) is 53.9 Å². The Morgan fingerprint density at radius 1 is 1.40 bits per heavy atom. The molecule has 4 heteroatoms. The predicted molar refractivity (Wildman–Crippen MR) is 97.9 cm³/mol. The number of hydrogen-bond acceptors (Lipinski definition) is 4. The summed E-state index contributed by atoms with van der Waals surface area (Å²) in [4.78, 5) is 4.58. The van der Waals surface area contributed by atoms with Gasteiger partial charge in [-0.05, 0) is 45.2 Å². The summed E-state index contributed by atoms with van der Waals surface area (Å²) in [6.07, 6.45) is 6.37. The van der Waals surface area contributed by atoms with Crippen molar-refractivity contribution in [3.63, 3.8) is 0 Å². The molecule has 2 aromatic rings. The summed E-state index contributed by atoms with van der Waals surface area (Å²) in [5, 5.41) is 10.9. The summed E-state index contributed by atoms with van der Waals surface area (Å²) in [6.45, 7) is 7.99. The van der Waals surface area contributed by atoms with E-state index in [1.54, 1.807) is 0 Å². The molecule has 1 fully saturated rings. The van der Waals surface area contributed by atoms with Gasteiger partial charge in [0.15, 0.2) is 5.79 Å². The van der Waals surface area contributed by atoms with Crippen molar-refractivity contribution in [2.24, 2.45) is 5.92 Å². The molecule has 1 aromatic heterocycles. The molecule has 1 N–H and O–H groups in total. The number of aliphatic hydroxyl groups is 1. The van der Waals surface area contributed by atoms with Crippen LogP contribution in [0.1, 0.15) is 49.1 Å². The number of aryl methyl sites for hydroxylation is 2. The van der Waals surface area contributed by atoms with E-state index in [-0.39, 0.29) is 12.5 Å². The highest BCUT2D eigenvalue weighted by Gasteiger charge is 2.39. The summed E-state index contributed by atoms with van der Waals surface area (Å²) in [5.41, 5.74) is 2.86. The van der Waals surface area contributed by atoms with Gasteiger partial charge in [0, 0.05) is 17.9 Å². The van der Waals surface area contributed by atoms with Gasteiger partial charge < -0.3 is 14.3 Å². The molecule has 4 nitrogen and oxygen atoms in total. The van der Waals surface area contributed by atoms with Crippen molar-refractivity contribution in [2.45, 2.75) is 58.3 Å². The minimum absolute atomic E-state index is 0.0993. The van der Waals surface area contributed by atoms with E-state index < -0.39 is 5.79 Å². The third-order valence-corrected chi connectivity index (χ3v) is 5.04. The van der Waals surface area contributed by atoms with Crippen LogP contribution >= 0.6 is 0 Å². The Hall–Kier alpha value is -1.91. The van der Waals surface area contributed by atoms with Gasteiger partial charge in [-0.2, -0.15) is 0 Å². The molecule has 1 saturated carbocycles. The lowest BCUT2D eigenvalue weighted by atomic mass is 9.81. The minimum atomic E-state index is -1.10. The highest BCUT2D eigenvalue weighted by molar-refractivity contribution is 5.54. The maximum atomic E-state index is 10.9. The van der Waals surface area contributed by atoms with Crippen LogP contribution in [-0.4, -0.2) is 15.9 Å². The first-order valence-corrected chi connectivity index (χ1v) is 9.02. The fraction of sp³-hybridized carbons (Fsp3) is 0.476. The zero-order valence-corrected chi connectivity index (χ0v) is 15.1. The lowest BCUT2D eigenvalue weighted by molar-refractivity contribution is -0.257. The number of ether oxygens (including phenoxy) is 1. The van der Waals surface area contributed by atoms with E-state index in [9.17, 15) is 5.11 Å². The van der Waals surface area contributed by atoms with Gasteiger partial charge in [0.25, 0.3) is 0 Å². The Bertz CT molecular complexity index is 736. The summed E-state index contributed by atoms with van der Waals surface area (Å²) in [5.74, 6) is 0.331. The SMILES string of the molecule is C=CCC1CCCCC1(O)OCc1nc(-c2cccc(C)c2)oc1C. The van der Waals surface area contributed by atoms with Gasteiger partial charge in [-0.25, -0.2) is 4.98 Å². The maximum Gasteiger partial charge on any atom is 0.226 e. The molecule has 1 aliphatic rings. The van der Waals surface area contributed by atoms with Crippen LogP contribution in [-0.2, 0) is 11.3 Å². The second kappa shape index (κ2) is 7.54. The molecular weight excluding hydrogens is 314 g/mol. The lowest BCUT2D eigenvalue weighted by Crippen LogP contribution is -2.43. The number of aromatic nitrogens is 1. The normalized spacial score (nSPS) is 23.6. The zero-order chi connectivity index (χ0) is 17.9. The molecule has 2 unspecified atom stereocenters. The van der Waals surface area contributed by atoms with E-state index in [0.717, 1.165) is 48.3 Å². The number of allylic oxidation sites excluding steroid dienone is 1. The highest BCUT2D eigenvalue weighted by Crippen LogP contribution is 2.38. The molecule has 0 amide bonds. The number of oxazole rings is 1. The number of nitrogens with zero attached hydrogens (tertiary/aromatic N) is 1. The molecule has 1 heterocycles. The summed E-state index contributed by atoms with van der Waals surface area (Å²) < 4.78 is 11.8. The summed E-state index contributed by atoms with van der Waals surface area (Å²) >= 11 is 0. The van der Waals surface area contributed by atoms with Gasteiger partial charge in [0.05, 0.1) is 6.61 Å². The molecule has 0 bridgehead atoms. The van der Waals surface area contributed by atoms with E-state index in [4.69, 9.17) is 9.15 Å². The zero-order valence-electron chi connectivity index (χ0n) is 15.1. The van der Waals surface area contributed by atoms with Gasteiger partial charge in [0.1, 0.15) is 11.5 Å². The maximum absolute atomic E-state index is 10.9. The standard InChI is InChI=1S/C21H27NO3/c1-4-8-18-11-5-6-12-21(18,23)24-14-19-16(3)25-20(22-19)17-10-7-9-15(2)13-17/h4,7,9-10,13,18,23H,1,5-6,8,11-12,14H2,2-3H3. The van der Waals surface area contributed by atoms with E-state index in [0.29, 0.717) is 12.3 Å². The fourth-order valence-corrected chi connectivity index (χ4v) is 3.55. The van der Waals surface area contributed by atoms with E-state index in [1.807, 2.05) is 44.2 Å². The van der Waals surface area contributed by atoms with Crippen LogP contribution in [0.15, 0.2) is 41.3 Å². The number of benzene rings is 1. The molecule has 0 radical (unpaired) electrons. The van der Waals surface area contributed by atoms with Crippen molar-refractivity contribution in [3.8, 4) is 11.5 Å². The third-order valence-electron chi connectivity index (χ3n) is 5.04. The van der Waals surface area contributed by atoms with Crippen molar-refractivity contribution < 1.29 is 14.3 Å². The van der Waals surface area contributed by atoms with Crippen molar-refractivity contribution in [1.29, 1.82) is 0 Å². The first-order chi connectivity index (χ1) is 12.0. The van der Waals surface area contributed by atoms with Gasteiger partial charge >= 0.3 is 0 Å². The van der Waals surface area contributed by atoms with Crippen LogP contribution in [0.3, 0.4) is 0 Å². The molecule has 134 valence electrons. The largest absolute Gasteiger partial charge is 0.441 e.